The van der Waals surface area contributed by atoms with Gasteiger partial charge < -0.3 is 14.9 Å². The van der Waals surface area contributed by atoms with E-state index in [1.807, 2.05) is 35.2 Å². The lowest BCUT2D eigenvalue weighted by Gasteiger charge is -2.40. The van der Waals surface area contributed by atoms with Gasteiger partial charge in [0.2, 0.25) is 5.91 Å². The second kappa shape index (κ2) is 8.70. The van der Waals surface area contributed by atoms with Gasteiger partial charge >= 0.3 is 0 Å². The number of benzene rings is 1. The summed E-state index contributed by atoms with van der Waals surface area (Å²) in [6, 6.07) is 12.1. The zero-order valence-corrected chi connectivity index (χ0v) is 14.4. The number of likely N-dealkylation sites (N-methyl/N-ethyl adjacent to an activating group) is 1. The first-order valence-electron chi connectivity index (χ1n) is 8.72. The van der Waals surface area contributed by atoms with Crippen molar-refractivity contribution in [3.8, 4) is 6.07 Å². The molecule has 1 aliphatic rings. The second-order valence-corrected chi connectivity index (χ2v) is 6.49. The molecular formula is C19H27N3O2. The number of nitriles is 1. The Kier molecular flexibility index (Phi) is 6.62. The summed E-state index contributed by atoms with van der Waals surface area (Å²) in [5, 5.41) is 18.8. The largest absolute Gasteiger partial charge is 0.396 e. The van der Waals surface area contributed by atoms with Crippen LogP contribution in [0, 0.1) is 11.3 Å². The Labute approximate surface area is 144 Å². The van der Waals surface area contributed by atoms with Gasteiger partial charge in [-0.05, 0) is 31.4 Å². The molecule has 0 aliphatic heterocycles. The smallest absolute Gasteiger partial charge is 0.243 e. The van der Waals surface area contributed by atoms with Gasteiger partial charge in [-0.1, -0.05) is 37.5 Å². The lowest BCUT2D eigenvalue weighted by atomic mass is 9.81. The molecule has 0 bridgehead atoms. The van der Waals surface area contributed by atoms with E-state index >= 15 is 0 Å². The molecular weight excluding hydrogens is 302 g/mol. The molecule has 0 spiro atoms. The fourth-order valence-electron chi connectivity index (χ4n) is 3.37. The van der Waals surface area contributed by atoms with Crippen LogP contribution in [0.2, 0.25) is 0 Å². The number of carbonyl (C=O) groups is 1. The van der Waals surface area contributed by atoms with Gasteiger partial charge in [0.1, 0.15) is 5.54 Å². The molecule has 2 rings (SSSR count). The van der Waals surface area contributed by atoms with E-state index < -0.39 is 5.54 Å². The average Bonchev–Trinajstić information content (AvgIpc) is 2.65. The molecule has 1 saturated carbocycles. The number of aliphatic hydroxyl groups excluding tert-OH is 1. The molecule has 5 heteroatoms. The Morgan fingerprint density at radius 3 is 2.50 bits per heavy atom. The highest BCUT2D eigenvalue weighted by Crippen LogP contribution is 2.32. The molecule has 0 atom stereocenters. The quantitative estimate of drug-likeness (QED) is 0.835. The van der Waals surface area contributed by atoms with Gasteiger partial charge in [0.15, 0.2) is 0 Å². The first kappa shape index (κ1) is 18.3. The van der Waals surface area contributed by atoms with Crippen molar-refractivity contribution in [3.05, 3.63) is 30.3 Å². The molecule has 1 amide bonds. The average molecular weight is 329 g/mol. The molecule has 130 valence electrons. The van der Waals surface area contributed by atoms with Gasteiger partial charge in [0.25, 0.3) is 0 Å². The fraction of sp³-hybridized carbons (Fsp3) is 0.579. The van der Waals surface area contributed by atoms with Gasteiger partial charge in [-0.15, -0.1) is 0 Å². The van der Waals surface area contributed by atoms with Crippen molar-refractivity contribution in [3.63, 3.8) is 0 Å². The van der Waals surface area contributed by atoms with Crippen molar-refractivity contribution in [2.45, 2.75) is 44.1 Å². The van der Waals surface area contributed by atoms with Gasteiger partial charge in [-0.2, -0.15) is 5.26 Å². The number of hydrogen-bond acceptors (Lipinski definition) is 4. The number of carbonyl (C=O) groups excluding carboxylic acids is 1. The third-order valence-electron chi connectivity index (χ3n) is 4.94. The minimum atomic E-state index is -0.658. The molecule has 0 heterocycles. The van der Waals surface area contributed by atoms with Crippen molar-refractivity contribution < 1.29 is 9.90 Å². The van der Waals surface area contributed by atoms with Crippen molar-refractivity contribution in [1.82, 2.24) is 4.90 Å². The Hall–Kier alpha value is -2.06. The molecule has 1 aliphatic carbocycles. The van der Waals surface area contributed by atoms with E-state index in [9.17, 15) is 10.1 Å². The molecule has 0 aromatic heterocycles. The van der Waals surface area contributed by atoms with Crippen LogP contribution < -0.4 is 4.90 Å². The fourth-order valence-corrected chi connectivity index (χ4v) is 3.37. The van der Waals surface area contributed by atoms with Gasteiger partial charge in [-0.3, -0.25) is 4.79 Å². The molecule has 0 radical (unpaired) electrons. The summed E-state index contributed by atoms with van der Waals surface area (Å²) in [6.07, 6.45) is 5.25. The molecule has 24 heavy (non-hydrogen) atoms. The Bertz CT molecular complexity index is 562. The van der Waals surface area contributed by atoms with E-state index in [-0.39, 0.29) is 19.1 Å². The zero-order chi connectivity index (χ0) is 17.4. The predicted octanol–water partition coefficient (Wildman–Crippen LogP) is 2.56. The summed E-state index contributed by atoms with van der Waals surface area (Å²) >= 11 is 0. The maximum absolute atomic E-state index is 12.8. The maximum Gasteiger partial charge on any atom is 0.243 e. The number of hydrogen-bond donors (Lipinski definition) is 1. The van der Waals surface area contributed by atoms with E-state index in [4.69, 9.17) is 5.11 Å². The predicted molar refractivity (Wildman–Crippen MR) is 94.6 cm³/mol. The van der Waals surface area contributed by atoms with E-state index in [0.29, 0.717) is 13.0 Å². The SMILES string of the molecule is CN(C(=O)CN(CCCO)c1ccccc1)C1(C#N)CCCCC1. The summed E-state index contributed by atoms with van der Waals surface area (Å²) in [7, 11) is 1.76. The standard InChI is InChI=1S/C19H27N3O2/c1-21(19(16-20)11-6-3-7-12-19)18(24)15-22(13-8-14-23)17-9-4-2-5-10-17/h2,4-5,9-10,23H,3,6-8,11-15H2,1H3. The topological polar surface area (TPSA) is 67.6 Å². The van der Waals surface area contributed by atoms with Crippen LogP contribution in [0.15, 0.2) is 30.3 Å². The van der Waals surface area contributed by atoms with Crippen LogP contribution in [-0.4, -0.2) is 48.2 Å². The van der Waals surface area contributed by atoms with Crippen LogP contribution in [0.3, 0.4) is 0 Å². The second-order valence-electron chi connectivity index (χ2n) is 6.49. The van der Waals surface area contributed by atoms with E-state index in [0.717, 1.165) is 37.8 Å². The molecule has 1 fully saturated rings. The number of para-hydroxylation sites is 1. The Balaban J connectivity index is 2.10. The van der Waals surface area contributed by atoms with Gasteiger partial charge in [-0.25, -0.2) is 0 Å². The summed E-state index contributed by atoms with van der Waals surface area (Å²) in [5.41, 5.74) is 0.302. The molecule has 0 saturated heterocycles. The molecule has 5 nitrogen and oxygen atoms in total. The first-order chi connectivity index (χ1) is 11.6. The Morgan fingerprint density at radius 2 is 1.92 bits per heavy atom. The zero-order valence-electron chi connectivity index (χ0n) is 14.4. The van der Waals surface area contributed by atoms with Crippen LogP contribution in [0.4, 0.5) is 5.69 Å². The number of anilines is 1. The lowest BCUT2D eigenvalue weighted by molar-refractivity contribution is -0.133. The summed E-state index contributed by atoms with van der Waals surface area (Å²) in [4.78, 5) is 16.5. The monoisotopic (exact) mass is 329 g/mol. The van der Waals surface area contributed by atoms with E-state index in [1.165, 1.54) is 0 Å². The number of nitrogens with zero attached hydrogens (tertiary/aromatic N) is 3. The summed E-state index contributed by atoms with van der Waals surface area (Å²) in [6.45, 7) is 0.930. The highest BCUT2D eigenvalue weighted by atomic mass is 16.3. The highest BCUT2D eigenvalue weighted by Gasteiger charge is 2.39. The lowest BCUT2D eigenvalue weighted by Crippen LogP contribution is -2.52. The third-order valence-corrected chi connectivity index (χ3v) is 4.94. The third kappa shape index (κ3) is 4.27. The summed E-state index contributed by atoms with van der Waals surface area (Å²) in [5.74, 6) is -0.0414. The van der Waals surface area contributed by atoms with E-state index in [1.54, 1.807) is 11.9 Å². The maximum atomic E-state index is 12.8. The van der Waals surface area contributed by atoms with Crippen LogP contribution in [-0.2, 0) is 4.79 Å². The molecule has 1 aromatic carbocycles. The first-order valence-corrected chi connectivity index (χ1v) is 8.72. The van der Waals surface area contributed by atoms with Crippen LogP contribution in [0.25, 0.3) is 0 Å². The molecule has 1 aromatic rings. The molecule has 1 N–H and O–H groups in total. The van der Waals surface area contributed by atoms with Crippen molar-refractivity contribution in [2.75, 3.05) is 31.6 Å². The van der Waals surface area contributed by atoms with Crippen molar-refractivity contribution in [2.24, 2.45) is 0 Å². The van der Waals surface area contributed by atoms with Gasteiger partial charge in [0.05, 0.1) is 12.6 Å². The highest BCUT2D eigenvalue weighted by molar-refractivity contribution is 5.82. The van der Waals surface area contributed by atoms with Crippen molar-refractivity contribution in [1.29, 1.82) is 5.26 Å². The van der Waals surface area contributed by atoms with Crippen LogP contribution >= 0.6 is 0 Å². The number of aliphatic hydroxyl groups is 1. The minimum Gasteiger partial charge on any atom is -0.396 e. The van der Waals surface area contributed by atoms with Crippen LogP contribution in [0.1, 0.15) is 38.5 Å². The molecule has 0 unspecified atom stereocenters. The number of amides is 1. The van der Waals surface area contributed by atoms with E-state index in [2.05, 4.69) is 6.07 Å². The number of rotatable bonds is 7. The van der Waals surface area contributed by atoms with Crippen LogP contribution in [0.5, 0.6) is 0 Å². The van der Waals surface area contributed by atoms with Gasteiger partial charge in [0, 0.05) is 25.9 Å². The Morgan fingerprint density at radius 1 is 1.25 bits per heavy atom. The normalized spacial score (nSPS) is 16.2. The van der Waals surface area contributed by atoms with Crippen molar-refractivity contribution >= 4 is 11.6 Å². The summed E-state index contributed by atoms with van der Waals surface area (Å²) < 4.78 is 0. The minimum absolute atomic E-state index is 0.0414.